The van der Waals surface area contributed by atoms with Crippen LogP contribution in [0.15, 0.2) is 0 Å². The molecule has 0 spiro atoms. The zero-order chi connectivity index (χ0) is 17.9. The van der Waals surface area contributed by atoms with Crippen LogP contribution in [0.4, 0.5) is 13.2 Å². The van der Waals surface area contributed by atoms with Crippen LogP contribution in [-0.4, -0.2) is 46.8 Å². The Labute approximate surface area is 136 Å². The highest BCUT2D eigenvalue weighted by molar-refractivity contribution is 5.52. The van der Waals surface area contributed by atoms with E-state index in [1.807, 2.05) is 0 Å². The monoisotopic (exact) mass is 344 g/mol. The zero-order valence-corrected chi connectivity index (χ0v) is 12.9. The molecule has 0 radical (unpaired) electrons. The topological polar surface area (TPSA) is 84.5 Å². The van der Waals surface area contributed by atoms with Crippen LogP contribution in [0, 0.1) is 40.1 Å². The summed E-state index contributed by atoms with van der Waals surface area (Å²) >= 11 is 0. The fourth-order valence-electron chi connectivity index (χ4n) is 1.64. The molecule has 1 aromatic carbocycles. The van der Waals surface area contributed by atoms with Crippen molar-refractivity contribution in [2.24, 2.45) is 0 Å². The third-order valence-electron chi connectivity index (χ3n) is 2.78. The predicted octanol–water partition coefficient (Wildman–Crippen LogP) is 1.91. The minimum atomic E-state index is -1.66. The van der Waals surface area contributed by atoms with Gasteiger partial charge in [-0.1, -0.05) is 0 Å². The van der Waals surface area contributed by atoms with Gasteiger partial charge in [-0.3, -0.25) is 0 Å². The molecule has 0 amide bonds. The van der Waals surface area contributed by atoms with Crippen LogP contribution in [0.1, 0.15) is 11.1 Å². The molecule has 0 aliphatic carbocycles. The Morgan fingerprint density at radius 2 is 1.25 bits per heavy atom. The highest BCUT2D eigenvalue weighted by Crippen LogP contribution is 2.30. The van der Waals surface area contributed by atoms with Gasteiger partial charge < -0.3 is 18.9 Å². The third-order valence-corrected chi connectivity index (χ3v) is 2.78. The van der Waals surface area contributed by atoms with E-state index in [1.165, 1.54) is 12.1 Å². The third kappa shape index (κ3) is 5.10. The maximum absolute atomic E-state index is 13.9. The summed E-state index contributed by atoms with van der Waals surface area (Å²) in [7, 11) is 1.54. The summed E-state index contributed by atoms with van der Waals surface area (Å²) < 4.78 is 61.0. The van der Waals surface area contributed by atoms with Gasteiger partial charge in [0.05, 0.1) is 33.0 Å². The van der Waals surface area contributed by atoms with Gasteiger partial charge in [-0.05, 0) is 0 Å². The molecule has 0 unspecified atom stereocenters. The SMILES string of the molecule is COCCOCCOCCOc1c(F)c(F)c(C#N)c(C#N)c1F. The highest BCUT2D eigenvalue weighted by atomic mass is 19.2. The number of nitriles is 2. The molecule has 0 fully saturated rings. The summed E-state index contributed by atoms with van der Waals surface area (Å²) in [6, 6.07) is 2.56. The maximum atomic E-state index is 13.9. The minimum Gasteiger partial charge on any atom is -0.485 e. The summed E-state index contributed by atoms with van der Waals surface area (Å²) in [4.78, 5) is 0. The average Bonchev–Trinajstić information content (AvgIpc) is 2.58. The highest BCUT2D eigenvalue weighted by Gasteiger charge is 2.26. The van der Waals surface area contributed by atoms with Crippen molar-refractivity contribution in [1.29, 1.82) is 10.5 Å². The molecule has 0 saturated carbocycles. The van der Waals surface area contributed by atoms with Crippen molar-refractivity contribution in [3.63, 3.8) is 0 Å². The number of benzene rings is 1. The van der Waals surface area contributed by atoms with Crippen LogP contribution in [0.5, 0.6) is 5.75 Å². The van der Waals surface area contributed by atoms with Crippen molar-refractivity contribution in [3.05, 3.63) is 28.6 Å². The number of hydrogen-bond acceptors (Lipinski definition) is 6. The normalized spacial score (nSPS) is 10.2. The molecule has 0 saturated heterocycles. The summed E-state index contributed by atoms with van der Waals surface area (Å²) in [5.74, 6) is -5.76. The number of methoxy groups -OCH3 is 1. The maximum Gasteiger partial charge on any atom is 0.205 e. The van der Waals surface area contributed by atoms with E-state index in [9.17, 15) is 13.2 Å². The molecule has 0 aliphatic rings. The van der Waals surface area contributed by atoms with Crippen molar-refractivity contribution >= 4 is 0 Å². The smallest absolute Gasteiger partial charge is 0.205 e. The van der Waals surface area contributed by atoms with E-state index in [-0.39, 0.29) is 19.8 Å². The van der Waals surface area contributed by atoms with Gasteiger partial charge in [-0.2, -0.15) is 14.9 Å². The molecule has 0 aliphatic heterocycles. The molecule has 130 valence electrons. The van der Waals surface area contributed by atoms with Crippen LogP contribution in [0.3, 0.4) is 0 Å². The van der Waals surface area contributed by atoms with E-state index in [0.717, 1.165) is 0 Å². The summed E-state index contributed by atoms with van der Waals surface area (Å²) in [6.07, 6.45) is 0. The molecule has 9 heteroatoms. The predicted molar refractivity (Wildman–Crippen MR) is 74.8 cm³/mol. The molecule has 0 bridgehead atoms. The van der Waals surface area contributed by atoms with E-state index in [1.54, 1.807) is 7.11 Å². The molecule has 1 aromatic rings. The first-order valence-corrected chi connectivity index (χ1v) is 6.86. The first-order valence-electron chi connectivity index (χ1n) is 6.86. The van der Waals surface area contributed by atoms with E-state index < -0.39 is 34.3 Å². The van der Waals surface area contributed by atoms with Gasteiger partial charge in [0.1, 0.15) is 29.9 Å². The van der Waals surface area contributed by atoms with Gasteiger partial charge in [-0.15, -0.1) is 0 Å². The second kappa shape index (κ2) is 10.4. The lowest BCUT2D eigenvalue weighted by molar-refractivity contribution is 0.0174. The standard InChI is InChI=1S/C15H15F3N2O4/c1-21-2-3-22-4-5-23-6-7-24-15-13(17)11(9-20)10(8-19)12(16)14(15)18/h2-7H2,1H3. The summed E-state index contributed by atoms with van der Waals surface area (Å²) in [5, 5.41) is 17.4. The van der Waals surface area contributed by atoms with Crippen molar-refractivity contribution in [3.8, 4) is 17.9 Å². The lowest BCUT2D eigenvalue weighted by atomic mass is 10.1. The number of halogens is 3. The number of ether oxygens (including phenoxy) is 4. The molecule has 0 N–H and O–H groups in total. The van der Waals surface area contributed by atoms with Crippen LogP contribution < -0.4 is 4.74 Å². The van der Waals surface area contributed by atoms with Crippen LogP contribution in [0.2, 0.25) is 0 Å². The van der Waals surface area contributed by atoms with Crippen LogP contribution >= 0.6 is 0 Å². The van der Waals surface area contributed by atoms with Gasteiger partial charge in [0, 0.05) is 7.11 Å². The number of nitrogens with zero attached hydrogens (tertiary/aromatic N) is 2. The second-order valence-corrected chi connectivity index (χ2v) is 4.31. The van der Waals surface area contributed by atoms with E-state index >= 15 is 0 Å². The Morgan fingerprint density at radius 1 is 0.750 bits per heavy atom. The first kappa shape index (κ1) is 19.7. The Hall–Kier alpha value is -2.33. The van der Waals surface area contributed by atoms with E-state index in [0.29, 0.717) is 19.8 Å². The van der Waals surface area contributed by atoms with E-state index in [2.05, 4.69) is 0 Å². The van der Waals surface area contributed by atoms with Crippen molar-refractivity contribution in [2.45, 2.75) is 0 Å². The largest absolute Gasteiger partial charge is 0.485 e. The fourth-order valence-corrected chi connectivity index (χ4v) is 1.64. The number of rotatable bonds is 10. The van der Waals surface area contributed by atoms with Crippen molar-refractivity contribution in [2.75, 3.05) is 46.8 Å². The van der Waals surface area contributed by atoms with Crippen molar-refractivity contribution in [1.82, 2.24) is 0 Å². The lowest BCUT2D eigenvalue weighted by Crippen LogP contribution is -2.14. The van der Waals surface area contributed by atoms with E-state index in [4.69, 9.17) is 29.5 Å². The summed E-state index contributed by atoms with van der Waals surface area (Å²) in [5.41, 5.74) is -1.90. The zero-order valence-electron chi connectivity index (χ0n) is 12.9. The van der Waals surface area contributed by atoms with Gasteiger partial charge >= 0.3 is 0 Å². The molecule has 1 rings (SSSR count). The molecule has 0 heterocycles. The Kier molecular flexibility index (Phi) is 8.58. The van der Waals surface area contributed by atoms with Crippen molar-refractivity contribution < 1.29 is 32.1 Å². The Bertz CT molecular complexity index is 641. The minimum absolute atomic E-state index is 0.0317. The van der Waals surface area contributed by atoms with Gasteiger partial charge in [0.2, 0.25) is 5.82 Å². The van der Waals surface area contributed by atoms with Gasteiger partial charge in [0.15, 0.2) is 17.4 Å². The van der Waals surface area contributed by atoms with Crippen LogP contribution in [-0.2, 0) is 14.2 Å². The fraction of sp³-hybridized carbons (Fsp3) is 0.467. The molecule has 24 heavy (non-hydrogen) atoms. The molecule has 6 nitrogen and oxygen atoms in total. The molecular weight excluding hydrogens is 329 g/mol. The average molecular weight is 344 g/mol. The summed E-state index contributed by atoms with van der Waals surface area (Å²) in [6.45, 7) is 1.08. The number of hydrogen-bond donors (Lipinski definition) is 0. The molecular formula is C15H15F3N2O4. The molecule has 0 atom stereocenters. The Morgan fingerprint density at radius 3 is 1.79 bits per heavy atom. The lowest BCUT2D eigenvalue weighted by Gasteiger charge is -2.11. The first-order chi connectivity index (χ1) is 11.6. The second-order valence-electron chi connectivity index (χ2n) is 4.31. The molecule has 0 aromatic heterocycles. The van der Waals surface area contributed by atoms with Gasteiger partial charge in [0.25, 0.3) is 0 Å². The Balaban J connectivity index is 2.54. The van der Waals surface area contributed by atoms with Crippen LogP contribution in [0.25, 0.3) is 0 Å². The quantitative estimate of drug-likeness (QED) is 0.476. The van der Waals surface area contributed by atoms with Gasteiger partial charge in [-0.25, -0.2) is 8.78 Å².